The van der Waals surface area contributed by atoms with E-state index in [-0.39, 0.29) is 18.5 Å². The molecule has 0 radical (unpaired) electrons. The summed E-state index contributed by atoms with van der Waals surface area (Å²) in [5, 5.41) is 8.63. The van der Waals surface area contributed by atoms with Crippen molar-refractivity contribution in [2.24, 2.45) is 0 Å². The molecule has 46 heavy (non-hydrogen) atoms. The zero-order chi connectivity index (χ0) is 33.6. The van der Waals surface area contributed by atoms with Gasteiger partial charge >= 0.3 is 0 Å². The lowest BCUT2D eigenvalue weighted by molar-refractivity contribution is -0.127. The molecular formula is C39H50N4O3. The number of carbonyl (C=O) groups excluding carboxylic acids is 2. The van der Waals surface area contributed by atoms with Gasteiger partial charge in [-0.3, -0.25) is 9.78 Å². The standard InChI is InChI=1S/C25H28N2O3.C14H22N2/c1-5-8-22(25(29)27(13-14-28)16-17(2)3)26-18(4)19-11-12-24-21(15-19)20-9-6-7-10-23(20)30-24;1-5-12(3)14-6-7-16-10-13(14)8-11(2)9-15-4/h6-12,14-16,18,26H,5,13H2,1-4H3;6-8,10,12,15H,5,9H2,1-4H3/b22-8-;11-8+. The first-order chi connectivity index (χ1) is 22.1. The van der Waals surface area contributed by atoms with Gasteiger partial charge < -0.3 is 24.7 Å². The van der Waals surface area contributed by atoms with E-state index in [1.807, 2.05) is 89.6 Å². The fraction of sp³-hybridized carbons (Fsp3) is 0.359. The predicted molar refractivity (Wildman–Crippen MR) is 191 cm³/mol. The quantitative estimate of drug-likeness (QED) is 0.115. The summed E-state index contributed by atoms with van der Waals surface area (Å²) in [6, 6.07) is 16.1. The number of hydrogen-bond donors (Lipinski definition) is 2. The third-order valence-corrected chi connectivity index (χ3v) is 7.75. The van der Waals surface area contributed by atoms with Crippen molar-refractivity contribution in [3.05, 3.63) is 107 Å². The summed E-state index contributed by atoms with van der Waals surface area (Å²) >= 11 is 0. The number of aldehydes is 1. The van der Waals surface area contributed by atoms with Gasteiger partial charge in [0, 0.05) is 42.0 Å². The maximum Gasteiger partial charge on any atom is 0.273 e. The molecule has 0 aliphatic heterocycles. The molecular weight excluding hydrogens is 572 g/mol. The van der Waals surface area contributed by atoms with Crippen LogP contribution < -0.4 is 10.6 Å². The van der Waals surface area contributed by atoms with Crippen LogP contribution in [0.5, 0.6) is 0 Å². The summed E-state index contributed by atoms with van der Waals surface area (Å²) in [5.41, 5.74) is 8.17. The second-order valence-corrected chi connectivity index (χ2v) is 11.9. The lowest BCUT2D eigenvalue weighted by atomic mass is 9.94. The molecule has 2 aromatic heterocycles. The van der Waals surface area contributed by atoms with E-state index in [0.717, 1.165) is 52.3 Å². The van der Waals surface area contributed by atoms with Crippen molar-refractivity contribution in [2.75, 3.05) is 20.1 Å². The molecule has 0 aliphatic carbocycles. The smallest absolute Gasteiger partial charge is 0.273 e. The van der Waals surface area contributed by atoms with Gasteiger partial charge in [-0.05, 0) is 94.5 Å². The molecule has 4 aromatic rings. The van der Waals surface area contributed by atoms with Crippen LogP contribution in [0.2, 0.25) is 0 Å². The van der Waals surface area contributed by atoms with Crippen molar-refractivity contribution in [3.63, 3.8) is 0 Å². The van der Waals surface area contributed by atoms with Crippen molar-refractivity contribution >= 4 is 40.2 Å². The number of allylic oxidation sites excluding steroid dienone is 2. The number of aromatic nitrogens is 1. The SMILES string of the molecule is CC/C=C(\NC(C)c1ccc2oc3ccccc3c2c1)C(=O)N(C=C(C)C)CC=O.CCC(C)c1ccncc1/C=C(\C)CNC. The van der Waals surface area contributed by atoms with Gasteiger partial charge in [0.05, 0.1) is 12.2 Å². The first kappa shape index (κ1) is 36.0. The van der Waals surface area contributed by atoms with Crippen LogP contribution in [-0.4, -0.2) is 42.2 Å². The van der Waals surface area contributed by atoms with Gasteiger partial charge in [0.15, 0.2) is 0 Å². The highest BCUT2D eigenvalue weighted by molar-refractivity contribution is 6.05. The van der Waals surface area contributed by atoms with Gasteiger partial charge in [0.1, 0.15) is 17.5 Å². The number of fused-ring (bicyclic) bond motifs is 3. The van der Waals surface area contributed by atoms with Gasteiger partial charge in [0.2, 0.25) is 0 Å². The maximum absolute atomic E-state index is 13.0. The van der Waals surface area contributed by atoms with Crippen LogP contribution in [0.25, 0.3) is 28.0 Å². The second-order valence-electron chi connectivity index (χ2n) is 11.9. The zero-order valence-corrected chi connectivity index (χ0v) is 28.7. The van der Waals surface area contributed by atoms with E-state index >= 15 is 0 Å². The van der Waals surface area contributed by atoms with Crippen LogP contribution in [-0.2, 0) is 9.59 Å². The summed E-state index contributed by atoms with van der Waals surface area (Å²) < 4.78 is 5.91. The molecule has 4 rings (SSSR count). The third-order valence-electron chi connectivity index (χ3n) is 7.75. The summed E-state index contributed by atoms with van der Waals surface area (Å²) in [6.45, 7) is 15.4. The highest BCUT2D eigenvalue weighted by Crippen LogP contribution is 2.31. The average Bonchev–Trinajstić information content (AvgIpc) is 3.42. The molecule has 7 heteroatoms. The molecule has 0 fully saturated rings. The van der Waals surface area contributed by atoms with Gasteiger partial charge in [0.25, 0.3) is 5.91 Å². The molecule has 2 aromatic carbocycles. The zero-order valence-electron chi connectivity index (χ0n) is 28.7. The number of rotatable bonds is 13. The first-order valence-electron chi connectivity index (χ1n) is 16.2. The Morgan fingerprint density at radius 1 is 1.02 bits per heavy atom. The molecule has 2 atom stereocenters. The van der Waals surface area contributed by atoms with Crippen LogP contribution in [0.1, 0.15) is 90.0 Å². The Morgan fingerprint density at radius 3 is 2.43 bits per heavy atom. The van der Waals surface area contributed by atoms with Crippen molar-refractivity contribution in [1.82, 2.24) is 20.5 Å². The van der Waals surface area contributed by atoms with E-state index in [2.05, 4.69) is 54.6 Å². The molecule has 2 heterocycles. The largest absolute Gasteiger partial charge is 0.456 e. The van der Waals surface area contributed by atoms with Gasteiger partial charge in [-0.2, -0.15) is 0 Å². The summed E-state index contributed by atoms with van der Waals surface area (Å²) in [4.78, 5) is 29.8. The predicted octanol–water partition coefficient (Wildman–Crippen LogP) is 8.70. The summed E-state index contributed by atoms with van der Waals surface area (Å²) in [5.74, 6) is 0.378. The molecule has 1 amide bonds. The first-order valence-corrected chi connectivity index (χ1v) is 16.2. The van der Waals surface area contributed by atoms with Crippen LogP contribution >= 0.6 is 0 Å². The third kappa shape index (κ3) is 9.75. The van der Waals surface area contributed by atoms with Crippen molar-refractivity contribution in [2.45, 2.75) is 73.3 Å². The fourth-order valence-corrected chi connectivity index (χ4v) is 5.28. The number of amides is 1. The number of likely N-dealkylation sites (N-methyl/N-ethyl adjacent to an activating group) is 1. The lowest BCUT2D eigenvalue weighted by Gasteiger charge is -2.23. The number of carbonyl (C=O) groups is 2. The van der Waals surface area contributed by atoms with E-state index in [0.29, 0.717) is 18.0 Å². The van der Waals surface area contributed by atoms with E-state index in [4.69, 9.17) is 4.42 Å². The molecule has 0 spiro atoms. The number of nitrogens with one attached hydrogen (secondary N) is 2. The average molecular weight is 623 g/mol. The molecule has 0 aliphatic rings. The number of hydrogen-bond acceptors (Lipinski definition) is 6. The highest BCUT2D eigenvalue weighted by atomic mass is 16.3. The Bertz CT molecular complexity index is 1690. The molecule has 244 valence electrons. The van der Waals surface area contributed by atoms with E-state index in [1.165, 1.54) is 21.6 Å². The van der Waals surface area contributed by atoms with Crippen LogP contribution in [0.15, 0.2) is 94.5 Å². The van der Waals surface area contributed by atoms with Crippen molar-refractivity contribution in [1.29, 1.82) is 0 Å². The van der Waals surface area contributed by atoms with E-state index in [9.17, 15) is 9.59 Å². The lowest BCUT2D eigenvalue weighted by Crippen LogP contribution is -2.35. The molecule has 0 saturated heterocycles. The van der Waals surface area contributed by atoms with E-state index < -0.39 is 0 Å². The number of para-hydroxylation sites is 1. The fourth-order valence-electron chi connectivity index (χ4n) is 5.28. The molecule has 2 unspecified atom stereocenters. The van der Waals surface area contributed by atoms with Gasteiger partial charge in [-0.15, -0.1) is 0 Å². The van der Waals surface area contributed by atoms with Crippen LogP contribution in [0, 0.1) is 0 Å². The Labute approximate surface area is 274 Å². The van der Waals surface area contributed by atoms with Crippen molar-refractivity contribution in [3.8, 4) is 0 Å². The topological polar surface area (TPSA) is 87.5 Å². The Balaban J connectivity index is 0.000000304. The second kappa shape index (κ2) is 17.9. The normalized spacial score (nSPS) is 13.0. The minimum Gasteiger partial charge on any atom is -0.456 e. The summed E-state index contributed by atoms with van der Waals surface area (Å²) in [6.07, 6.45) is 12.2. The Kier molecular flexibility index (Phi) is 14.0. The minimum absolute atomic E-state index is 0.0219. The Hall–Kier alpha value is -4.49. The molecule has 7 nitrogen and oxygen atoms in total. The molecule has 0 bridgehead atoms. The minimum atomic E-state index is -0.216. The summed E-state index contributed by atoms with van der Waals surface area (Å²) in [7, 11) is 1.97. The number of furan rings is 1. The van der Waals surface area contributed by atoms with Crippen molar-refractivity contribution < 1.29 is 14.0 Å². The van der Waals surface area contributed by atoms with Crippen LogP contribution in [0.4, 0.5) is 0 Å². The van der Waals surface area contributed by atoms with E-state index in [1.54, 1.807) is 6.20 Å². The molecule has 0 saturated carbocycles. The van der Waals surface area contributed by atoms with Crippen LogP contribution in [0.3, 0.4) is 0 Å². The highest BCUT2D eigenvalue weighted by Gasteiger charge is 2.19. The number of pyridine rings is 1. The maximum atomic E-state index is 13.0. The number of benzene rings is 2. The Morgan fingerprint density at radius 2 is 1.76 bits per heavy atom. The molecule has 2 N–H and O–H groups in total. The van der Waals surface area contributed by atoms with Gasteiger partial charge in [-0.25, -0.2) is 0 Å². The van der Waals surface area contributed by atoms with Gasteiger partial charge in [-0.1, -0.05) is 68.3 Å². The number of nitrogens with zero attached hydrogens (tertiary/aromatic N) is 2. The monoisotopic (exact) mass is 622 g/mol.